The van der Waals surface area contributed by atoms with Crippen LogP contribution in [-0.4, -0.2) is 13.3 Å². The lowest BCUT2D eigenvalue weighted by atomic mass is 10.2. The first-order valence-electron chi connectivity index (χ1n) is 3.25. The maximum Gasteiger partial charge on any atom is 0.106 e. The summed E-state index contributed by atoms with van der Waals surface area (Å²) < 4.78 is 0. The molecule has 0 heterocycles. The highest BCUT2D eigenvalue weighted by Gasteiger charge is 1.91. The third-order valence-corrected chi connectivity index (χ3v) is 1.29. The van der Waals surface area contributed by atoms with E-state index < -0.39 is 0 Å². The molecule has 0 saturated carbocycles. The Morgan fingerprint density at radius 3 is 2.82 bits per heavy atom. The highest BCUT2D eigenvalue weighted by molar-refractivity contribution is 5.86. The Morgan fingerprint density at radius 2 is 2.18 bits per heavy atom. The molecule has 0 bridgehead atoms. The molecular formula is C8H10N2O. The van der Waals surface area contributed by atoms with E-state index in [2.05, 4.69) is 9.99 Å². The van der Waals surface area contributed by atoms with E-state index >= 15 is 0 Å². The molecule has 2 N–H and O–H groups in total. The summed E-state index contributed by atoms with van der Waals surface area (Å²) in [7, 11) is 1.50. The number of nitrogen functional groups attached to an aromatic ring is 1. The topological polar surface area (TPSA) is 47.6 Å². The third kappa shape index (κ3) is 1.97. The first-order chi connectivity index (χ1) is 5.34. The summed E-state index contributed by atoms with van der Waals surface area (Å²) >= 11 is 0. The van der Waals surface area contributed by atoms with Crippen molar-refractivity contribution in [1.29, 1.82) is 0 Å². The normalized spacial score (nSPS) is 10.3. The highest BCUT2D eigenvalue weighted by atomic mass is 16.6. The molecule has 3 heteroatoms. The van der Waals surface area contributed by atoms with Gasteiger partial charge in [0.15, 0.2) is 0 Å². The molecule has 0 fully saturated rings. The fraction of sp³-hybridized carbons (Fsp3) is 0.125. The molecule has 0 radical (unpaired) electrons. The molecule has 1 rings (SSSR count). The lowest BCUT2D eigenvalue weighted by Gasteiger charge is -1.96. The molecule has 0 unspecified atom stereocenters. The van der Waals surface area contributed by atoms with Gasteiger partial charge in [-0.2, -0.15) is 0 Å². The molecule has 0 amide bonds. The van der Waals surface area contributed by atoms with Gasteiger partial charge in [0.25, 0.3) is 0 Å². The van der Waals surface area contributed by atoms with Gasteiger partial charge in [-0.05, 0) is 6.07 Å². The van der Waals surface area contributed by atoms with E-state index in [-0.39, 0.29) is 0 Å². The van der Waals surface area contributed by atoms with Crippen LogP contribution in [-0.2, 0) is 4.84 Å². The van der Waals surface area contributed by atoms with Crippen LogP contribution < -0.4 is 5.73 Å². The third-order valence-electron chi connectivity index (χ3n) is 1.29. The van der Waals surface area contributed by atoms with E-state index in [0.717, 1.165) is 5.56 Å². The summed E-state index contributed by atoms with van der Waals surface area (Å²) in [5.41, 5.74) is 7.19. The number of benzene rings is 1. The van der Waals surface area contributed by atoms with Gasteiger partial charge in [0, 0.05) is 11.3 Å². The van der Waals surface area contributed by atoms with Gasteiger partial charge >= 0.3 is 0 Å². The zero-order valence-corrected chi connectivity index (χ0v) is 6.32. The Kier molecular flexibility index (Phi) is 2.49. The van der Waals surface area contributed by atoms with Crippen LogP contribution in [0.2, 0.25) is 0 Å². The van der Waals surface area contributed by atoms with Gasteiger partial charge in [-0.15, -0.1) is 0 Å². The second-order valence-electron chi connectivity index (χ2n) is 2.05. The van der Waals surface area contributed by atoms with E-state index in [1.54, 1.807) is 6.21 Å². The molecule has 0 aromatic heterocycles. The fourth-order valence-corrected chi connectivity index (χ4v) is 0.738. The molecule has 0 aliphatic carbocycles. The molecule has 3 nitrogen and oxygen atoms in total. The van der Waals surface area contributed by atoms with Crippen LogP contribution >= 0.6 is 0 Å². The predicted octanol–water partition coefficient (Wildman–Crippen LogP) is 1.25. The van der Waals surface area contributed by atoms with Crippen molar-refractivity contribution >= 4 is 11.9 Å². The maximum atomic E-state index is 5.61. The van der Waals surface area contributed by atoms with Crippen molar-refractivity contribution in [1.82, 2.24) is 0 Å². The zero-order valence-electron chi connectivity index (χ0n) is 6.32. The fourth-order valence-electron chi connectivity index (χ4n) is 0.738. The number of nitrogens with two attached hydrogens (primary N) is 1. The molecule has 1 aromatic carbocycles. The molecule has 0 aliphatic rings. The van der Waals surface area contributed by atoms with Crippen LogP contribution in [0.15, 0.2) is 29.4 Å². The standard InChI is InChI=1S/C8H10N2O/c1-11-10-6-7-4-2-3-5-8(7)9/h2-6H,9H2,1H3. The van der Waals surface area contributed by atoms with Crippen molar-refractivity contribution in [3.05, 3.63) is 29.8 Å². The van der Waals surface area contributed by atoms with Gasteiger partial charge in [-0.1, -0.05) is 23.4 Å². The van der Waals surface area contributed by atoms with Gasteiger partial charge < -0.3 is 10.6 Å². The second-order valence-corrected chi connectivity index (χ2v) is 2.05. The highest BCUT2D eigenvalue weighted by Crippen LogP contribution is 2.06. The first-order valence-corrected chi connectivity index (χ1v) is 3.25. The quantitative estimate of drug-likeness (QED) is 0.392. The van der Waals surface area contributed by atoms with Crippen LogP contribution in [0.5, 0.6) is 0 Å². The minimum absolute atomic E-state index is 0.702. The second kappa shape index (κ2) is 3.61. The maximum absolute atomic E-state index is 5.61. The minimum atomic E-state index is 0.702. The van der Waals surface area contributed by atoms with E-state index in [1.807, 2.05) is 24.3 Å². The van der Waals surface area contributed by atoms with Gasteiger partial charge in [0.05, 0.1) is 6.21 Å². The van der Waals surface area contributed by atoms with Crippen LogP contribution in [0.1, 0.15) is 5.56 Å². The summed E-state index contributed by atoms with van der Waals surface area (Å²) in [6.07, 6.45) is 1.58. The lowest BCUT2D eigenvalue weighted by Crippen LogP contribution is -1.91. The number of hydrogen-bond acceptors (Lipinski definition) is 3. The van der Waals surface area contributed by atoms with E-state index in [9.17, 15) is 0 Å². The first kappa shape index (κ1) is 7.60. The van der Waals surface area contributed by atoms with Crippen LogP contribution in [0, 0.1) is 0 Å². The molecule has 58 valence electrons. The number of oxime groups is 1. The number of rotatable bonds is 2. The molecule has 0 atom stereocenters. The molecule has 1 aromatic rings. The Bertz CT molecular complexity index is 258. The van der Waals surface area contributed by atoms with Crippen molar-refractivity contribution in [3.8, 4) is 0 Å². The average molecular weight is 150 g/mol. The molecule has 0 spiro atoms. The summed E-state index contributed by atoms with van der Waals surface area (Å²) in [5.74, 6) is 0. The predicted molar refractivity (Wildman–Crippen MR) is 45.5 cm³/mol. The minimum Gasteiger partial charge on any atom is -0.399 e. The monoisotopic (exact) mass is 150 g/mol. The average Bonchev–Trinajstić information content (AvgIpc) is 2.03. The Morgan fingerprint density at radius 1 is 1.45 bits per heavy atom. The smallest absolute Gasteiger partial charge is 0.106 e. The number of nitrogens with zero attached hydrogens (tertiary/aromatic N) is 1. The van der Waals surface area contributed by atoms with Crippen molar-refractivity contribution in [2.75, 3.05) is 12.8 Å². The van der Waals surface area contributed by atoms with E-state index in [4.69, 9.17) is 5.73 Å². The molecule has 11 heavy (non-hydrogen) atoms. The SMILES string of the molecule is CON=Cc1ccccc1N. The lowest BCUT2D eigenvalue weighted by molar-refractivity contribution is 0.215. The van der Waals surface area contributed by atoms with Gasteiger partial charge in [-0.3, -0.25) is 0 Å². The number of hydrogen-bond donors (Lipinski definition) is 1. The van der Waals surface area contributed by atoms with Crippen LogP contribution in [0.3, 0.4) is 0 Å². The van der Waals surface area contributed by atoms with Crippen molar-refractivity contribution in [3.63, 3.8) is 0 Å². The summed E-state index contributed by atoms with van der Waals surface area (Å²) in [6.45, 7) is 0. The Labute approximate surface area is 65.5 Å². The Hall–Kier alpha value is -1.51. The van der Waals surface area contributed by atoms with Gasteiger partial charge in [0.2, 0.25) is 0 Å². The summed E-state index contributed by atoms with van der Waals surface area (Å²) in [6, 6.07) is 7.46. The van der Waals surface area contributed by atoms with Crippen LogP contribution in [0.25, 0.3) is 0 Å². The molecule has 0 saturated heterocycles. The molecular weight excluding hydrogens is 140 g/mol. The molecule has 0 aliphatic heterocycles. The van der Waals surface area contributed by atoms with Crippen LogP contribution in [0.4, 0.5) is 5.69 Å². The summed E-state index contributed by atoms with van der Waals surface area (Å²) in [4.78, 5) is 4.51. The van der Waals surface area contributed by atoms with E-state index in [1.165, 1.54) is 7.11 Å². The zero-order chi connectivity index (χ0) is 8.10. The van der Waals surface area contributed by atoms with Crippen molar-refractivity contribution in [2.45, 2.75) is 0 Å². The largest absolute Gasteiger partial charge is 0.399 e. The van der Waals surface area contributed by atoms with Gasteiger partial charge in [0.1, 0.15) is 7.11 Å². The Balaban J connectivity index is 2.86. The summed E-state index contributed by atoms with van der Waals surface area (Å²) in [5, 5.41) is 3.60. The van der Waals surface area contributed by atoms with Crippen molar-refractivity contribution in [2.24, 2.45) is 5.16 Å². The van der Waals surface area contributed by atoms with E-state index in [0.29, 0.717) is 5.69 Å². The van der Waals surface area contributed by atoms with Crippen molar-refractivity contribution < 1.29 is 4.84 Å². The number of anilines is 1. The number of para-hydroxylation sites is 1. The van der Waals surface area contributed by atoms with Gasteiger partial charge in [-0.25, -0.2) is 0 Å².